The minimum absolute atomic E-state index is 0.172. The highest BCUT2D eigenvalue weighted by Gasteiger charge is 2.26. The van der Waals surface area contributed by atoms with Crippen molar-refractivity contribution in [3.8, 4) is 0 Å². The van der Waals surface area contributed by atoms with E-state index >= 15 is 0 Å². The van der Waals surface area contributed by atoms with E-state index in [0.29, 0.717) is 27.7 Å². The molecule has 4 nitrogen and oxygen atoms in total. The van der Waals surface area contributed by atoms with E-state index in [-0.39, 0.29) is 11.8 Å². The van der Waals surface area contributed by atoms with Gasteiger partial charge in [0.05, 0.1) is 16.1 Å². The van der Waals surface area contributed by atoms with Crippen LogP contribution in [0.1, 0.15) is 44.0 Å². The van der Waals surface area contributed by atoms with Gasteiger partial charge in [0.25, 0.3) is 11.8 Å². The number of fused-ring (bicyclic) bond motifs is 1. The summed E-state index contributed by atoms with van der Waals surface area (Å²) in [4.78, 5) is 26.4. The Balaban J connectivity index is 1.93. The van der Waals surface area contributed by atoms with Crippen molar-refractivity contribution < 1.29 is 9.59 Å². The summed E-state index contributed by atoms with van der Waals surface area (Å²) < 4.78 is 0. The van der Waals surface area contributed by atoms with Crippen molar-refractivity contribution in [2.75, 3.05) is 11.9 Å². The summed E-state index contributed by atoms with van der Waals surface area (Å²) in [5.74, 6) is -0.476. The van der Waals surface area contributed by atoms with Crippen molar-refractivity contribution in [2.24, 2.45) is 0 Å². The minimum atomic E-state index is -0.304. The Bertz CT molecular complexity index is 829. The highest BCUT2D eigenvalue weighted by atomic mass is 35.5. The highest BCUT2D eigenvalue weighted by Crippen LogP contribution is 2.38. The number of carbonyl (C=O) groups is 2. The molecule has 3 rings (SSSR count). The molecule has 25 heavy (non-hydrogen) atoms. The Hall–Kier alpha value is -2.11. The first-order valence-corrected chi connectivity index (χ1v) is 9.40. The van der Waals surface area contributed by atoms with Crippen LogP contribution in [0.5, 0.6) is 0 Å². The number of thiophene rings is 1. The fourth-order valence-electron chi connectivity index (χ4n) is 2.96. The molecule has 0 fully saturated rings. The number of aryl methyl sites for hydroxylation is 1. The predicted octanol–water partition coefficient (Wildman–Crippen LogP) is 4.45. The molecule has 0 unspecified atom stereocenters. The Labute approximate surface area is 155 Å². The van der Waals surface area contributed by atoms with Crippen molar-refractivity contribution in [3.63, 3.8) is 0 Å². The smallest absolute Gasteiger partial charge is 0.257 e. The van der Waals surface area contributed by atoms with Gasteiger partial charge in [-0.25, -0.2) is 0 Å². The molecule has 1 aromatic carbocycles. The number of rotatable bonds is 5. The topological polar surface area (TPSA) is 58.2 Å². The zero-order valence-corrected chi connectivity index (χ0v) is 15.3. The van der Waals surface area contributed by atoms with Crippen molar-refractivity contribution in [1.29, 1.82) is 0 Å². The number of hydrogen-bond acceptors (Lipinski definition) is 3. The van der Waals surface area contributed by atoms with E-state index in [0.717, 1.165) is 31.2 Å². The van der Waals surface area contributed by atoms with Crippen LogP contribution in [0.25, 0.3) is 0 Å². The van der Waals surface area contributed by atoms with Crippen LogP contribution in [0.3, 0.4) is 0 Å². The molecule has 1 aliphatic rings. The molecule has 2 amide bonds. The summed E-state index contributed by atoms with van der Waals surface area (Å²) in [6, 6.07) is 6.88. The van der Waals surface area contributed by atoms with Crippen molar-refractivity contribution in [3.05, 3.63) is 63.5 Å². The molecule has 0 bridgehead atoms. The number of benzene rings is 1. The van der Waals surface area contributed by atoms with Crippen LogP contribution in [0, 0.1) is 0 Å². The van der Waals surface area contributed by atoms with E-state index in [1.165, 1.54) is 16.2 Å². The molecule has 130 valence electrons. The third kappa shape index (κ3) is 3.78. The second-order valence-electron chi connectivity index (χ2n) is 5.85. The first-order chi connectivity index (χ1) is 12.1. The number of hydrogen-bond donors (Lipinski definition) is 2. The Morgan fingerprint density at radius 2 is 1.96 bits per heavy atom. The summed E-state index contributed by atoms with van der Waals surface area (Å²) in [6.07, 6.45) is 5.62. The van der Waals surface area contributed by atoms with E-state index in [4.69, 9.17) is 11.6 Å². The molecular formula is C19H19ClN2O2S. The average molecular weight is 375 g/mol. The van der Waals surface area contributed by atoms with Crippen molar-refractivity contribution in [2.45, 2.75) is 25.7 Å². The summed E-state index contributed by atoms with van der Waals surface area (Å²) in [5.41, 5.74) is 2.04. The maximum atomic E-state index is 12.6. The van der Waals surface area contributed by atoms with Gasteiger partial charge >= 0.3 is 0 Å². The lowest BCUT2D eigenvalue weighted by Crippen LogP contribution is -2.26. The van der Waals surface area contributed by atoms with Crippen molar-refractivity contribution in [1.82, 2.24) is 5.32 Å². The number of nitrogens with one attached hydrogen (secondary N) is 2. The van der Waals surface area contributed by atoms with Gasteiger partial charge in [-0.05, 0) is 43.4 Å². The number of amides is 2. The molecule has 0 saturated carbocycles. The van der Waals surface area contributed by atoms with Gasteiger partial charge in [-0.15, -0.1) is 17.9 Å². The molecule has 1 heterocycles. The normalized spacial score (nSPS) is 13.0. The summed E-state index contributed by atoms with van der Waals surface area (Å²) in [6.45, 7) is 4.02. The molecular weight excluding hydrogens is 356 g/mol. The fourth-order valence-corrected chi connectivity index (χ4v) is 4.47. The lowest BCUT2D eigenvalue weighted by molar-refractivity contribution is 0.0958. The monoisotopic (exact) mass is 374 g/mol. The van der Waals surface area contributed by atoms with E-state index in [9.17, 15) is 9.59 Å². The van der Waals surface area contributed by atoms with E-state index in [1.807, 2.05) is 0 Å². The lowest BCUT2D eigenvalue weighted by atomic mass is 9.95. The number of halogens is 1. The van der Waals surface area contributed by atoms with Gasteiger partial charge < -0.3 is 10.6 Å². The molecule has 0 saturated heterocycles. The number of carbonyl (C=O) groups excluding carboxylic acids is 2. The Morgan fingerprint density at radius 1 is 1.20 bits per heavy atom. The van der Waals surface area contributed by atoms with Gasteiger partial charge in [-0.3, -0.25) is 9.59 Å². The maximum Gasteiger partial charge on any atom is 0.257 e. The number of anilines is 1. The van der Waals surface area contributed by atoms with Crippen LogP contribution in [0.4, 0.5) is 5.00 Å². The molecule has 2 aromatic rings. The van der Waals surface area contributed by atoms with Gasteiger partial charge in [0.15, 0.2) is 0 Å². The first kappa shape index (κ1) is 17.7. The Morgan fingerprint density at radius 3 is 2.72 bits per heavy atom. The molecule has 0 atom stereocenters. The molecule has 2 N–H and O–H groups in total. The van der Waals surface area contributed by atoms with Gasteiger partial charge in [-0.2, -0.15) is 0 Å². The molecule has 0 aliphatic heterocycles. The SMILES string of the molecule is C=CCNC(=O)c1c(NC(=O)c2ccccc2Cl)sc2c1CCCC2. The second kappa shape index (κ2) is 7.85. The predicted molar refractivity (Wildman–Crippen MR) is 103 cm³/mol. The molecule has 6 heteroatoms. The molecule has 1 aliphatic carbocycles. The molecule has 0 radical (unpaired) electrons. The lowest BCUT2D eigenvalue weighted by Gasteiger charge is -2.13. The van der Waals surface area contributed by atoms with Crippen molar-refractivity contribution >= 4 is 39.8 Å². The summed E-state index contributed by atoms with van der Waals surface area (Å²) >= 11 is 7.60. The van der Waals surface area contributed by atoms with Crippen LogP contribution in [0.2, 0.25) is 5.02 Å². The summed E-state index contributed by atoms with van der Waals surface area (Å²) in [7, 11) is 0. The zero-order chi connectivity index (χ0) is 17.8. The first-order valence-electron chi connectivity index (χ1n) is 8.21. The summed E-state index contributed by atoms with van der Waals surface area (Å²) in [5, 5.41) is 6.70. The average Bonchev–Trinajstić information content (AvgIpc) is 2.97. The zero-order valence-electron chi connectivity index (χ0n) is 13.7. The van der Waals surface area contributed by atoms with Crippen LogP contribution in [-0.2, 0) is 12.8 Å². The quantitative estimate of drug-likeness (QED) is 0.759. The largest absolute Gasteiger partial charge is 0.348 e. The van der Waals surface area contributed by atoms with E-state index < -0.39 is 0 Å². The van der Waals surface area contributed by atoms with E-state index in [1.54, 1.807) is 30.3 Å². The van der Waals surface area contributed by atoms with Crippen LogP contribution in [0.15, 0.2) is 36.9 Å². The standard InChI is InChI=1S/C19H19ClN2O2S/c1-2-11-21-18(24)16-13-8-4-6-10-15(13)25-19(16)22-17(23)12-7-3-5-9-14(12)20/h2-3,5,7,9H,1,4,6,8,10-11H2,(H,21,24)(H,22,23). The molecule has 0 spiro atoms. The second-order valence-corrected chi connectivity index (χ2v) is 7.36. The van der Waals surface area contributed by atoms with E-state index in [2.05, 4.69) is 17.2 Å². The molecule has 1 aromatic heterocycles. The fraction of sp³-hybridized carbons (Fsp3) is 0.263. The van der Waals surface area contributed by atoms with Gasteiger partial charge in [-0.1, -0.05) is 29.8 Å². The van der Waals surface area contributed by atoms with Gasteiger partial charge in [0, 0.05) is 11.4 Å². The van der Waals surface area contributed by atoms with Crippen LogP contribution in [-0.4, -0.2) is 18.4 Å². The maximum absolute atomic E-state index is 12.6. The van der Waals surface area contributed by atoms with Crippen LogP contribution < -0.4 is 10.6 Å². The third-order valence-corrected chi connectivity index (χ3v) is 5.69. The minimum Gasteiger partial charge on any atom is -0.348 e. The van der Waals surface area contributed by atoms with Crippen LogP contribution >= 0.6 is 22.9 Å². The van der Waals surface area contributed by atoms with Gasteiger partial charge in [0.2, 0.25) is 0 Å². The third-order valence-electron chi connectivity index (χ3n) is 4.15. The highest BCUT2D eigenvalue weighted by molar-refractivity contribution is 7.17. The van der Waals surface area contributed by atoms with Gasteiger partial charge in [0.1, 0.15) is 5.00 Å². The Kier molecular flexibility index (Phi) is 5.56.